The zero-order valence-corrected chi connectivity index (χ0v) is 15.2. The molecule has 3 nitrogen and oxygen atoms in total. The molecule has 1 saturated heterocycles. The number of hydrogen-bond acceptors (Lipinski definition) is 4. The first-order valence-electron chi connectivity index (χ1n) is 5.93. The molecule has 1 aliphatic rings. The highest BCUT2D eigenvalue weighted by Gasteiger charge is 2.29. The van der Waals surface area contributed by atoms with E-state index >= 15 is 0 Å². The summed E-state index contributed by atoms with van der Waals surface area (Å²) in [5, 5.41) is 1.03. The number of thiophene rings is 1. The minimum atomic E-state index is -3.39. The molecule has 0 aromatic carbocycles. The molecule has 1 aliphatic heterocycles. The molecule has 8 heteroatoms. The van der Waals surface area contributed by atoms with Crippen molar-refractivity contribution in [1.82, 2.24) is 4.31 Å². The van der Waals surface area contributed by atoms with Crippen molar-refractivity contribution in [2.24, 2.45) is 0 Å². The third kappa shape index (κ3) is 3.68. The summed E-state index contributed by atoms with van der Waals surface area (Å²) in [7, 11) is -3.39. The summed E-state index contributed by atoms with van der Waals surface area (Å²) in [5.41, 5.74) is 0. The number of thioether (sulfide) groups is 1. The topological polar surface area (TPSA) is 37.4 Å². The van der Waals surface area contributed by atoms with E-state index in [4.69, 9.17) is 11.6 Å². The lowest BCUT2D eigenvalue weighted by Crippen LogP contribution is -2.31. The van der Waals surface area contributed by atoms with Crippen molar-refractivity contribution in [2.45, 2.75) is 28.7 Å². The smallest absolute Gasteiger partial charge is 0.206 e. The van der Waals surface area contributed by atoms with E-state index in [0.29, 0.717) is 31.4 Å². The van der Waals surface area contributed by atoms with Gasteiger partial charge in [-0.3, -0.25) is 0 Å². The van der Waals surface area contributed by atoms with Gasteiger partial charge in [0.05, 0.1) is 8.81 Å². The first-order valence-corrected chi connectivity index (χ1v) is 10.6. The molecule has 1 atom stereocenters. The van der Waals surface area contributed by atoms with Crippen molar-refractivity contribution >= 4 is 60.7 Å². The van der Waals surface area contributed by atoms with Crippen molar-refractivity contribution in [1.29, 1.82) is 0 Å². The van der Waals surface area contributed by atoms with Gasteiger partial charge in [-0.15, -0.1) is 11.3 Å². The third-order valence-corrected chi connectivity index (χ3v) is 9.14. The standard InChI is InChI=1S/C11H15BrClNO2S3/c1-17-8-3-2-5-14(6-4-8)19(15,16)10-7-9(13)11(12)18-10/h7-8H,2-6H2,1H3. The van der Waals surface area contributed by atoms with Crippen LogP contribution in [0.25, 0.3) is 0 Å². The molecular formula is C11H15BrClNO2S3. The number of halogens is 2. The van der Waals surface area contributed by atoms with Gasteiger partial charge in [0.25, 0.3) is 10.0 Å². The number of sulfonamides is 1. The Morgan fingerprint density at radius 2 is 2.21 bits per heavy atom. The normalized spacial score (nSPS) is 22.4. The summed E-state index contributed by atoms with van der Waals surface area (Å²) < 4.78 is 27.7. The number of nitrogens with zero attached hydrogens (tertiary/aromatic N) is 1. The van der Waals surface area contributed by atoms with Crippen molar-refractivity contribution in [3.05, 3.63) is 14.9 Å². The van der Waals surface area contributed by atoms with Crippen molar-refractivity contribution in [3.63, 3.8) is 0 Å². The quantitative estimate of drug-likeness (QED) is 0.762. The summed E-state index contributed by atoms with van der Waals surface area (Å²) in [6, 6.07) is 1.53. The fourth-order valence-electron chi connectivity index (χ4n) is 2.10. The van der Waals surface area contributed by atoms with Crippen molar-refractivity contribution < 1.29 is 8.42 Å². The largest absolute Gasteiger partial charge is 0.252 e. The van der Waals surface area contributed by atoms with Crippen molar-refractivity contribution in [3.8, 4) is 0 Å². The maximum absolute atomic E-state index is 12.6. The van der Waals surface area contributed by atoms with Crippen LogP contribution in [0, 0.1) is 0 Å². The van der Waals surface area contributed by atoms with Crippen LogP contribution in [-0.4, -0.2) is 37.3 Å². The molecular weight excluding hydrogens is 390 g/mol. The second kappa shape index (κ2) is 6.66. The molecule has 2 rings (SSSR count). The van der Waals surface area contributed by atoms with E-state index < -0.39 is 10.0 Å². The van der Waals surface area contributed by atoms with Gasteiger partial charge in [-0.05, 0) is 47.5 Å². The highest BCUT2D eigenvalue weighted by Crippen LogP contribution is 2.36. The van der Waals surface area contributed by atoms with Gasteiger partial charge >= 0.3 is 0 Å². The van der Waals surface area contributed by atoms with Crippen LogP contribution in [0.1, 0.15) is 19.3 Å². The summed E-state index contributed by atoms with van der Waals surface area (Å²) in [4.78, 5) is 0. The van der Waals surface area contributed by atoms with Crippen LogP contribution in [0.4, 0.5) is 0 Å². The van der Waals surface area contributed by atoms with E-state index in [-0.39, 0.29) is 0 Å². The van der Waals surface area contributed by atoms with Crippen molar-refractivity contribution in [2.75, 3.05) is 19.3 Å². The Kier molecular flexibility index (Phi) is 5.65. The zero-order valence-electron chi connectivity index (χ0n) is 10.4. The highest BCUT2D eigenvalue weighted by molar-refractivity contribution is 9.11. The molecule has 0 aliphatic carbocycles. The van der Waals surface area contributed by atoms with Crippen LogP contribution in [0.15, 0.2) is 14.1 Å². The lowest BCUT2D eigenvalue weighted by molar-refractivity contribution is 0.425. The predicted molar refractivity (Wildman–Crippen MR) is 86.9 cm³/mol. The molecule has 0 N–H and O–H groups in total. The molecule has 1 fully saturated rings. The molecule has 0 radical (unpaired) electrons. The SMILES string of the molecule is CSC1CCCN(S(=O)(=O)c2cc(Cl)c(Br)s2)CC1. The average Bonchev–Trinajstić information content (AvgIpc) is 2.61. The Hall–Kier alpha value is 0.730. The second-order valence-electron chi connectivity index (χ2n) is 4.38. The van der Waals surface area contributed by atoms with Crippen LogP contribution in [0.2, 0.25) is 5.02 Å². The Morgan fingerprint density at radius 3 is 2.79 bits per heavy atom. The minimum absolute atomic E-state index is 0.326. The monoisotopic (exact) mass is 403 g/mol. The highest BCUT2D eigenvalue weighted by atomic mass is 79.9. The van der Waals surface area contributed by atoms with E-state index in [1.54, 1.807) is 4.31 Å². The Labute approximate surface area is 135 Å². The molecule has 0 amide bonds. The fourth-order valence-corrected chi connectivity index (χ4v) is 6.89. The zero-order chi connectivity index (χ0) is 14.0. The molecule has 108 valence electrons. The van der Waals surface area contributed by atoms with E-state index in [2.05, 4.69) is 22.2 Å². The van der Waals surface area contributed by atoms with Gasteiger partial charge in [0.2, 0.25) is 0 Å². The van der Waals surface area contributed by atoms with Crippen LogP contribution < -0.4 is 0 Å². The lowest BCUT2D eigenvalue weighted by atomic mass is 10.2. The summed E-state index contributed by atoms with van der Waals surface area (Å²) in [6.45, 7) is 1.20. The Bertz CT molecular complexity index is 527. The molecule has 0 saturated carbocycles. The minimum Gasteiger partial charge on any atom is -0.206 e. The average molecular weight is 405 g/mol. The van der Waals surface area contributed by atoms with Gasteiger partial charge in [-0.25, -0.2) is 8.42 Å². The molecule has 1 aromatic rings. The predicted octanol–water partition coefficient (Wildman–Crippen LogP) is 4.07. The van der Waals surface area contributed by atoms with Crippen LogP contribution in [0.3, 0.4) is 0 Å². The van der Waals surface area contributed by atoms with E-state index in [1.807, 2.05) is 11.8 Å². The second-order valence-corrected chi connectivity index (χ2v) is 10.5. The first kappa shape index (κ1) is 16.1. The van der Waals surface area contributed by atoms with E-state index in [1.165, 1.54) is 17.4 Å². The van der Waals surface area contributed by atoms with E-state index in [9.17, 15) is 8.42 Å². The van der Waals surface area contributed by atoms with Gasteiger partial charge in [0.1, 0.15) is 4.21 Å². The molecule has 19 heavy (non-hydrogen) atoms. The fraction of sp³-hybridized carbons (Fsp3) is 0.636. The molecule has 2 heterocycles. The Morgan fingerprint density at radius 1 is 1.47 bits per heavy atom. The molecule has 0 bridgehead atoms. The van der Waals surface area contributed by atoms with Gasteiger partial charge in [-0.1, -0.05) is 11.6 Å². The molecule has 1 unspecified atom stereocenters. The summed E-state index contributed by atoms with van der Waals surface area (Å²) in [5.74, 6) is 0. The van der Waals surface area contributed by atoms with Crippen LogP contribution >= 0.6 is 50.6 Å². The number of rotatable bonds is 3. The first-order chi connectivity index (χ1) is 8.95. The van der Waals surface area contributed by atoms with Crippen LogP contribution in [0.5, 0.6) is 0 Å². The summed E-state index contributed by atoms with van der Waals surface area (Å²) >= 11 is 12.2. The van der Waals surface area contributed by atoms with E-state index in [0.717, 1.165) is 19.3 Å². The van der Waals surface area contributed by atoms with Gasteiger partial charge < -0.3 is 0 Å². The Balaban J connectivity index is 2.20. The van der Waals surface area contributed by atoms with Crippen LogP contribution in [-0.2, 0) is 10.0 Å². The maximum atomic E-state index is 12.6. The third-order valence-electron chi connectivity index (χ3n) is 3.18. The number of hydrogen-bond donors (Lipinski definition) is 0. The maximum Gasteiger partial charge on any atom is 0.252 e. The molecule has 0 spiro atoms. The van der Waals surface area contributed by atoms with Gasteiger partial charge in [-0.2, -0.15) is 16.1 Å². The summed E-state index contributed by atoms with van der Waals surface area (Å²) in [6.07, 6.45) is 5.01. The lowest BCUT2D eigenvalue weighted by Gasteiger charge is -2.18. The van der Waals surface area contributed by atoms with Gasteiger partial charge in [0, 0.05) is 18.3 Å². The molecule has 1 aromatic heterocycles. The van der Waals surface area contributed by atoms with Gasteiger partial charge in [0.15, 0.2) is 0 Å².